The molecule has 26 heavy (non-hydrogen) atoms. The number of ether oxygens (including phenoxy) is 1. The van der Waals surface area contributed by atoms with Gasteiger partial charge in [0.15, 0.2) is 5.78 Å². The number of hydrogen-bond acceptors (Lipinski definition) is 3. The van der Waals surface area contributed by atoms with Crippen molar-refractivity contribution in [1.29, 1.82) is 0 Å². The third-order valence-electron chi connectivity index (χ3n) is 4.15. The molecule has 0 unspecified atom stereocenters. The molecule has 3 aromatic rings. The number of Topliss-reactive ketones (excluding diaryl/α,β-unsaturated/α-hetero) is 1. The van der Waals surface area contributed by atoms with Crippen LogP contribution in [0.15, 0.2) is 48.7 Å². The van der Waals surface area contributed by atoms with E-state index >= 15 is 0 Å². The number of carbonyl (C=O) groups is 2. The first kappa shape index (κ1) is 18.9. The topological polar surface area (TPSA) is 48.3 Å². The summed E-state index contributed by atoms with van der Waals surface area (Å²) in [5.74, 6) is 0.232. The first-order valence-corrected chi connectivity index (χ1v) is 9.87. The zero-order valence-electron chi connectivity index (χ0n) is 14.3. The van der Waals surface area contributed by atoms with Crippen LogP contribution in [0.3, 0.4) is 0 Å². The van der Waals surface area contributed by atoms with Crippen LogP contribution in [-0.2, 0) is 6.61 Å². The maximum atomic E-state index is 12.6. The van der Waals surface area contributed by atoms with Gasteiger partial charge in [0.1, 0.15) is 16.1 Å². The SMILES string of the molecule is CC(=O)n1cc(C)c2cc(C(=O)C(Br)Br)c(OCc3ccccc3)cc21. The number of halogens is 2. The molecule has 2 aromatic carbocycles. The van der Waals surface area contributed by atoms with E-state index in [1.54, 1.807) is 22.9 Å². The maximum absolute atomic E-state index is 12.6. The molecular weight excluding hydrogens is 462 g/mol. The normalized spacial score (nSPS) is 11.1. The van der Waals surface area contributed by atoms with Gasteiger partial charge in [-0.3, -0.25) is 14.2 Å². The quantitative estimate of drug-likeness (QED) is 0.360. The highest BCUT2D eigenvalue weighted by Crippen LogP contribution is 2.32. The summed E-state index contributed by atoms with van der Waals surface area (Å²) in [6, 6.07) is 13.3. The second kappa shape index (κ2) is 7.76. The molecule has 6 heteroatoms. The van der Waals surface area contributed by atoms with Crippen molar-refractivity contribution in [3.8, 4) is 5.75 Å². The smallest absolute Gasteiger partial charge is 0.227 e. The van der Waals surface area contributed by atoms with Crippen LogP contribution in [0.25, 0.3) is 10.9 Å². The minimum Gasteiger partial charge on any atom is -0.488 e. The van der Waals surface area contributed by atoms with Crippen molar-refractivity contribution in [2.75, 3.05) is 0 Å². The van der Waals surface area contributed by atoms with Gasteiger partial charge in [-0.15, -0.1) is 0 Å². The third kappa shape index (κ3) is 3.76. The zero-order valence-corrected chi connectivity index (χ0v) is 17.5. The Morgan fingerprint density at radius 1 is 1.15 bits per heavy atom. The highest BCUT2D eigenvalue weighted by atomic mass is 79.9. The summed E-state index contributed by atoms with van der Waals surface area (Å²) in [7, 11) is 0. The van der Waals surface area contributed by atoms with Gasteiger partial charge in [-0.2, -0.15) is 0 Å². The summed E-state index contributed by atoms with van der Waals surface area (Å²) >= 11 is 6.54. The molecular formula is C20H17Br2NO3. The molecule has 0 saturated heterocycles. The number of carbonyl (C=O) groups excluding carboxylic acids is 2. The molecule has 0 aliphatic carbocycles. The van der Waals surface area contributed by atoms with E-state index in [2.05, 4.69) is 31.9 Å². The van der Waals surface area contributed by atoms with Crippen LogP contribution >= 0.6 is 31.9 Å². The number of aromatic nitrogens is 1. The summed E-state index contributed by atoms with van der Waals surface area (Å²) in [6.07, 6.45) is 1.78. The fourth-order valence-corrected chi connectivity index (χ4v) is 3.34. The predicted molar refractivity (Wildman–Crippen MR) is 110 cm³/mol. The van der Waals surface area contributed by atoms with Gasteiger partial charge in [-0.25, -0.2) is 0 Å². The zero-order chi connectivity index (χ0) is 18.8. The average Bonchev–Trinajstić information content (AvgIpc) is 2.95. The monoisotopic (exact) mass is 477 g/mol. The van der Waals surface area contributed by atoms with Crippen molar-refractivity contribution in [3.63, 3.8) is 0 Å². The molecule has 0 N–H and O–H groups in total. The molecule has 134 valence electrons. The minimum atomic E-state index is -0.512. The number of hydrogen-bond donors (Lipinski definition) is 0. The second-order valence-electron chi connectivity index (χ2n) is 6.01. The van der Waals surface area contributed by atoms with Crippen molar-refractivity contribution >= 4 is 54.5 Å². The Bertz CT molecular complexity index is 978. The Morgan fingerprint density at radius 3 is 2.46 bits per heavy atom. The lowest BCUT2D eigenvalue weighted by Gasteiger charge is -2.13. The van der Waals surface area contributed by atoms with E-state index in [4.69, 9.17) is 4.74 Å². The molecule has 0 radical (unpaired) electrons. The summed E-state index contributed by atoms with van der Waals surface area (Å²) in [5.41, 5.74) is 3.13. The molecule has 0 fully saturated rings. The first-order chi connectivity index (χ1) is 12.4. The Labute approximate surface area is 168 Å². The van der Waals surface area contributed by atoms with Crippen molar-refractivity contribution in [2.24, 2.45) is 0 Å². The average molecular weight is 479 g/mol. The number of ketones is 1. The molecule has 0 bridgehead atoms. The van der Waals surface area contributed by atoms with Crippen molar-refractivity contribution in [2.45, 2.75) is 24.2 Å². The van der Waals surface area contributed by atoms with Crippen molar-refractivity contribution in [1.82, 2.24) is 4.57 Å². The summed E-state index contributed by atoms with van der Waals surface area (Å²) < 4.78 is 7.02. The summed E-state index contributed by atoms with van der Waals surface area (Å²) in [6.45, 7) is 3.76. The van der Waals surface area contributed by atoms with E-state index in [-0.39, 0.29) is 11.7 Å². The van der Waals surface area contributed by atoms with Crippen LogP contribution < -0.4 is 4.74 Å². The van der Waals surface area contributed by atoms with Gasteiger partial charge in [0.2, 0.25) is 5.91 Å². The molecule has 0 amide bonds. The van der Waals surface area contributed by atoms with Gasteiger partial charge in [0.25, 0.3) is 0 Å². The highest BCUT2D eigenvalue weighted by molar-refractivity contribution is 9.25. The van der Waals surface area contributed by atoms with Gasteiger partial charge in [-0.1, -0.05) is 62.2 Å². The minimum absolute atomic E-state index is 0.0879. The first-order valence-electron chi connectivity index (χ1n) is 8.04. The van der Waals surface area contributed by atoms with Gasteiger partial charge >= 0.3 is 0 Å². The van der Waals surface area contributed by atoms with Gasteiger partial charge in [0, 0.05) is 24.6 Å². The standard InChI is InChI=1S/C20H17Br2NO3/c1-12-10-23(13(2)24)17-9-18(26-11-14-6-4-3-5-7-14)16(8-15(12)17)19(25)20(21)22/h3-10,20H,11H2,1-2H3. The molecule has 0 saturated carbocycles. The Kier molecular flexibility index (Phi) is 5.63. The fourth-order valence-electron chi connectivity index (χ4n) is 2.84. The van der Waals surface area contributed by atoms with Crippen LogP contribution in [0.1, 0.15) is 33.2 Å². The Morgan fingerprint density at radius 2 is 1.85 bits per heavy atom. The van der Waals surface area contributed by atoms with Crippen molar-refractivity contribution < 1.29 is 14.3 Å². The highest BCUT2D eigenvalue weighted by Gasteiger charge is 2.22. The van der Waals surface area contributed by atoms with Gasteiger partial charge in [0.05, 0.1) is 11.1 Å². The number of nitrogens with zero attached hydrogens (tertiary/aromatic N) is 1. The number of aryl methyl sites for hydroxylation is 1. The second-order valence-corrected chi connectivity index (χ2v) is 9.07. The molecule has 1 heterocycles. The molecule has 1 aromatic heterocycles. The molecule has 0 aliphatic heterocycles. The van der Waals surface area contributed by atoms with E-state index in [0.29, 0.717) is 17.9 Å². The Balaban J connectivity index is 2.10. The lowest BCUT2D eigenvalue weighted by molar-refractivity contribution is 0.0941. The van der Waals surface area contributed by atoms with E-state index in [0.717, 1.165) is 22.0 Å². The number of alkyl halides is 2. The molecule has 3 rings (SSSR count). The van der Waals surface area contributed by atoms with E-state index in [1.807, 2.05) is 37.3 Å². The lowest BCUT2D eigenvalue weighted by atomic mass is 10.1. The van der Waals surface area contributed by atoms with Crippen LogP contribution in [0.4, 0.5) is 0 Å². The van der Waals surface area contributed by atoms with E-state index < -0.39 is 3.74 Å². The summed E-state index contributed by atoms with van der Waals surface area (Å²) in [4.78, 5) is 24.6. The third-order valence-corrected chi connectivity index (χ3v) is 4.98. The van der Waals surface area contributed by atoms with Gasteiger partial charge in [-0.05, 0) is 24.1 Å². The van der Waals surface area contributed by atoms with Crippen LogP contribution in [0.5, 0.6) is 5.75 Å². The number of rotatable bonds is 5. The van der Waals surface area contributed by atoms with Crippen LogP contribution in [0.2, 0.25) is 0 Å². The molecule has 0 atom stereocenters. The largest absolute Gasteiger partial charge is 0.488 e. The van der Waals surface area contributed by atoms with E-state index in [9.17, 15) is 9.59 Å². The number of fused-ring (bicyclic) bond motifs is 1. The Hall–Kier alpha value is -1.92. The van der Waals surface area contributed by atoms with Crippen LogP contribution in [0, 0.1) is 6.92 Å². The van der Waals surface area contributed by atoms with Gasteiger partial charge < -0.3 is 4.74 Å². The maximum Gasteiger partial charge on any atom is 0.227 e. The molecule has 0 spiro atoms. The molecule has 0 aliphatic rings. The predicted octanol–water partition coefficient (Wildman–Crippen LogP) is 5.49. The lowest BCUT2D eigenvalue weighted by Crippen LogP contribution is -2.11. The summed E-state index contributed by atoms with van der Waals surface area (Å²) in [5, 5.41) is 0.858. The molecule has 4 nitrogen and oxygen atoms in total. The van der Waals surface area contributed by atoms with E-state index in [1.165, 1.54) is 6.92 Å². The van der Waals surface area contributed by atoms with Crippen molar-refractivity contribution in [3.05, 3.63) is 65.4 Å². The van der Waals surface area contributed by atoms with Crippen LogP contribution in [-0.4, -0.2) is 20.0 Å². The number of benzene rings is 2. The fraction of sp³-hybridized carbons (Fsp3) is 0.200.